The highest BCUT2D eigenvalue weighted by molar-refractivity contribution is 5.77. The third-order valence-electron chi connectivity index (χ3n) is 2.67. The fourth-order valence-corrected chi connectivity index (χ4v) is 1.62. The maximum Gasteiger partial charge on any atom is 0.325 e. The minimum absolute atomic E-state index is 0.0330. The predicted octanol–water partition coefficient (Wildman–Crippen LogP) is -0.869. The van der Waals surface area contributed by atoms with Gasteiger partial charge in [-0.15, -0.1) is 0 Å². The van der Waals surface area contributed by atoms with Crippen LogP contribution >= 0.6 is 0 Å². The smallest absolute Gasteiger partial charge is 0.325 e. The molecule has 1 amide bonds. The van der Waals surface area contributed by atoms with Gasteiger partial charge in [0, 0.05) is 24.9 Å². The van der Waals surface area contributed by atoms with Gasteiger partial charge in [-0.2, -0.15) is 0 Å². The molecule has 19 heavy (non-hydrogen) atoms. The van der Waals surface area contributed by atoms with Crippen LogP contribution in [0.15, 0.2) is 15.7 Å². The van der Waals surface area contributed by atoms with Gasteiger partial charge in [0.15, 0.2) is 0 Å². The van der Waals surface area contributed by atoms with E-state index in [1.54, 1.807) is 0 Å². The number of aliphatic hydroxyl groups is 1. The quantitative estimate of drug-likeness (QED) is 0.482. The zero-order valence-electron chi connectivity index (χ0n) is 10.9. The van der Waals surface area contributed by atoms with Crippen LogP contribution in [0.3, 0.4) is 0 Å². The topological polar surface area (TPSA) is 115 Å². The highest BCUT2D eigenvalue weighted by Crippen LogP contribution is 2.02. The number of amides is 1. The Bertz CT molecular complexity index is 492. The maximum absolute atomic E-state index is 11.6. The van der Waals surface area contributed by atoms with Crippen LogP contribution in [-0.4, -0.2) is 34.1 Å². The number of H-pyrrole nitrogens is 2. The van der Waals surface area contributed by atoms with E-state index in [0.29, 0.717) is 6.54 Å². The van der Waals surface area contributed by atoms with Crippen molar-refractivity contribution in [2.45, 2.75) is 26.2 Å². The van der Waals surface area contributed by atoms with E-state index in [2.05, 4.69) is 10.3 Å². The van der Waals surface area contributed by atoms with E-state index in [4.69, 9.17) is 5.11 Å². The number of carbonyl (C=O) groups is 1. The van der Waals surface area contributed by atoms with Crippen molar-refractivity contribution in [1.82, 2.24) is 15.3 Å². The zero-order chi connectivity index (χ0) is 14.3. The summed E-state index contributed by atoms with van der Waals surface area (Å²) in [6.45, 7) is 2.58. The molecule has 1 rings (SSSR count). The first-order valence-electron chi connectivity index (χ1n) is 6.21. The summed E-state index contributed by atoms with van der Waals surface area (Å²) in [7, 11) is 0. The first-order chi connectivity index (χ1) is 9.01. The normalized spacial score (nSPS) is 12.1. The number of hydrogen-bond donors (Lipinski definition) is 4. The molecule has 0 aromatic carbocycles. The molecule has 1 heterocycles. The number of aromatic nitrogens is 2. The molecule has 7 nitrogen and oxygen atoms in total. The number of nitrogens with one attached hydrogen (secondary N) is 3. The van der Waals surface area contributed by atoms with Gasteiger partial charge in [-0.3, -0.25) is 14.6 Å². The molecule has 1 aromatic heterocycles. The Labute approximate surface area is 110 Å². The monoisotopic (exact) mass is 269 g/mol. The summed E-state index contributed by atoms with van der Waals surface area (Å²) in [5, 5.41) is 11.5. The minimum Gasteiger partial charge on any atom is -0.396 e. The van der Waals surface area contributed by atoms with Gasteiger partial charge in [0.05, 0.1) is 6.42 Å². The molecule has 0 radical (unpaired) electrons. The highest BCUT2D eigenvalue weighted by Gasteiger charge is 2.05. The van der Waals surface area contributed by atoms with E-state index in [-0.39, 0.29) is 30.5 Å². The van der Waals surface area contributed by atoms with Crippen molar-refractivity contribution < 1.29 is 9.90 Å². The van der Waals surface area contributed by atoms with Crippen LogP contribution in [0.25, 0.3) is 0 Å². The lowest BCUT2D eigenvalue weighted by atomic mass is 10.1. The lowest BCUT2D eigenvalue weighted by Gasteiger charge is -2.08. The van der Waals surface area contributed by atoms with Crippen LogP contribution in [0.1, 0.15) is 25.5 Å². The van der Waals surface area contributed by atoms with E-state index in [9.17, 15) is 14.4 Å². The molecule has 0 saturated carbocycles. The Hall–Kier alpha value is -1.89. The SMILES string of the molecule is CC(CO)CCCNC(=O)Cc1cc(=O)[nH]c(=O)[nH]1. The van der Waals surface area contributed by atoms with Crippen LogP contribution < -0.4 is 16.6 Å². The van der Waals surface area contributed by atoms with Crippen molar-refractivity contribution >= 4 is 5.91 Å². The predicted molar refractivity (Wildman–Crippen MR) is 69.9 cm³/mol. The minimum atomic E-state index is -0.618. The van der Waals surface area contributed by atoms with Crippen molar-refractivity contribution in [3.63, 3.8) is 0 Å². The van der Waals surface area contributed by atoms with Crippen LogP contribution in [0, 0.1) is 5.92 Å². The van der Waals surface area contributed by atoms with Crippen LogP contribution in [-0.2, 0) is 11.2 Å². The molecule has 1 atom stereocenters. The van der Waals surface area contributed by atoms with Crippen LogP contribution in [0.2, 0.25) is 0 Å². The molecule has 4 N–H and O–H groups in total. The van der Waals surface area contributed by atoms with Crippen molar-refractivity contribution in [2.75, 3.05) is 13.2 Å². The fraction of sp³-hybridized carbons (Fsp3) is 0.583. The van der Waals surface area contributed by atoms with Gasteiger partial charge in [0.2, 0.25) is 5.91 Å². The van der Waals surface area contributed by atoms with Gasteiger partial charge in [-0.05, 0) is 18.8 Å². The summed E-state index contributed by atoms with van der Waals surface area (Å²) in [6, 6.07) is 1.19. The van der Waals surface area contributed by atoms with Crippen molar-refractivity contribution in [2.24, 2.45) is 5.92 Å². The Morgan fingerprint density at radius 2 is 2.16 bits per heavy atom. The van der Waals surface area contributed by atoms with Crippen molar-refractivity contribution in [3.8, 4) is 0 Å². The van der Waals surface area contributed by atoms with E-state index in [0.717, 1.165) is 12.8 Å². The molecule has 1 unspecified atom stereocenters. The van der Waals surface area contributed by atoms with Crippen molar-refractivity contribution in [3.05, 3.63) is 32.6 Å². The molecular weight excluding hydrogens is 250 g/mol. The van der Waals surface area contributed by atoms with Gasteiger partial charge in [0.25, 0.3) is 5.56 Å². The Morgan fingerprint density at radius 1 is 1.42 bits per heavy atom. The largest absolute Gasteiger partial charge is 0.396 e. The summed E-state index contributed by atoms with van der Waals surface area (Å²) >= 11 is 0. The zero-order valence-corrected chi connectivity index (χ0v) is 10.9. The Kier molecular flexibility index (Phi) is 6.01. The summed E-state index contributed by atoms with van der Waals surface area (Å²) in [4.78, 5) is 38.0. The first kappa shape index (κ1) is 15.2. The standard InChI is InChI=1S/C12H19N3O4/c1-8(7-16)3-2-4-13-10(17)5-9-6-11(18)15-12(19)14-9/h6,8,16H,2-5,7H2,1H3,(H,13,17)(H2,14,15,18,19). The molecule has 106 valence electrons. The first-order valence-corrected chi connectivity index (χ1v) is 6.21. The Balaban J connectivity index is 2.35. The van der Waals surface area contributed by atoms with Gasteiger partial charge < -0.3 is 15.4 Å². The maximum atomic E-state index is 11.6. The second-order valence-corrected chi connectivity index (χ2v) is 4.57. The second-order valence-electron chi connectivity index (χ2n) is 4.57. The fourth-order valence-electron chi connectivity index (χ4n) is 1.62. The molecule has 0 saturated heterocycles. The molecule has 0 fully saturated rings. The molecule has 0 aliphatic carbocycles. The van der Waals surface area contributed by atoms with Crippen LogP contribution in [0.4, 0.5) is 0 Å². The Morgan fingerprint density at radius 3 is 2.79 bits per heavy atom. The summed E-state index contributed by atoms with van der Waals surface area (Å²) in [5.41, 5.74) is -0.856. The lowest BCUT2D eigenvalue weighted by molar-refractivity contribution is -0.120. The van der Waals surface area contributed by atoms with Gasteiger partial charge >= 0.3 is 5.69 Å². The number of carbonyl (C=O) groups excluding carboxylic acids is 1. The number of rotatable bonds is 7. The molecule has 0 spiro atoms. The molecule has 0 bridgehead atoms. The second kappa shape index (κ2) is 7.52. The lowest BCUT2D eigenvalue weighted by Crippen LogP contribution is -2.29. The average Bonchev–Trinajstić information content (AvgIpc) is 2.33. The number of hydrogen-bond acceptors (Lipinski definition) is 4. The average molecular weight is 269 g/mol. The van der Waals surface area contributed by atoms with Crippen LogP contribution in [0.5, 0.6) is 0 Å². The van der Waals surface area contributed by atoms with Gasteiger partial charge in [0.1, 0.15) is 0 Å². The number of aliphatic hydroxyl groups excluding tert-OH is 1. The summed E-state index contributed by atoms with van der Waals surface area (Å²) in [6.07, 6.45) is 1.58. The third-order valence-corrected chi connectivity index (χ3v) is 2.67. The van der Waals surface area contributed by atoms with E-state index in [1.165, 1.54) is 6.07 Å². The molecular formula is C12H19N3O4. The summed E-state index contributed by atoms with van der Waals surface area (Å²) in [5.74, 6) is -0.0289. The van der Waals surface area contributed by atoms with E-state index < -0.39 is 11.2 Å². The van der Waals surface area contributed by atoms with Gasteiger partial charge in [-0.25, -0.2) is 4.79 Å². The molecule has 0 aliphatic rings. The summed E-state index contributed by atoms with van der Waals surface area (Å²) < 4.78 is 0. The molecule has 7 heteroatoms. The van der Waals surface area contributed by atoms with E-state index >= 15 is 0 Å². The van der Waals surface area contributed by atoms with E-state index in [1.807, 2.05) is 11.9 Å². The molecule has 0 aliphatic heterocycles. The highest BCUT2D eigenvalue weighted by atomic mass is 16.3. The number of aromatic amines is 2. The molecule has 1 aromatic rings. The third kappa shape index (κ3) is 6.01. The van der Waals surface area contributed by atoms with Gasteiger partial charge in [-0.1, -0.05) is 6.92 Å². The van der Waals surface area contributed by atoms with Crippen molar-refractivity contribution in [1.29, 1.82) is 0 Å².